The summed E-state index contributed by atoms with van der Waals surface area (Å²) in [7, 11) is 0. The van der Waals surface area contributed by atoms with Gasteiger partial charge in [0.15, 0.2) is 0 Å². The van der Waals surface area contributed by atoms with E-state index < -0.39 is 5.97 Å². The van der Waals surface area contributed by atoms with Crippen LogP contribution in [0.25, 0.3) is 0 Å². The van der Waals surface area contributed by atoms with Gasteiger partial charge in [0.2, 0.25) is 0 Å². The molecule has 0 aromatic rings. The Bertz CT molecular complexity index is 177. The fourth-order valence-corrected chi connectivity index (χ4v) is 0.721. The Morgan fingerprint density at radius 1 is 1.55 bits per heavy atom. The molecule has 11 heavy (non-hydrogen) atoms. The van der Waals surface area contributed by atoms with Crippen molar-refractivity contribution in [2.75, 3.05) is 6.61 Å². The van der Waals surface area contributed by atoms with Gasteiger partial charge < -0.3 is 10.5 Å². The summed E-state index contributed by atoms with van der Waals surface area (Å²) in [5, 5.41) is 0. The number of esters is 1. The Kier molecular flexibility index (Phi) is 4.77. The smallest absolute Gasteiger partial charge is 0.346 e. The monoisotopic (exact) mass is 175 g/mol. The highest BCUT2D eigenvalue weighted by molar-refractivity contribution is 7.85. The highest BCUT2D eigenvalue weighted by atomic mass is 32.1. The molecule has 0 aliphatic rings. The number of thiol groups is 1. The van der Waals surface area contributed by atoms with Crippen LogP contribution in [0, 0.1) is 0 Å². The minimum Gasteiger partial charge on any atom is -0.462 e. The fourth-order valence-electron chi connectivity index (χ4n) is 0.498. The van der Waals surface area contributed by atoms with Gasteiger partial charge in [0, 0.05) is 5.70 Å². The van der Waals surface area contributed by atoms with Crippen molar-refractivity contribution in [2.45, 2.75) is 20.3 Å². The van der Waals surface area contributed by atoms with E-state index in [9.17, 15) is 4.79 Å². The molecule has 0 aromatic heterocycles. The lowest BCUT2D eigenvalue weighted by Crippen LogP contribution is -2.09. The molecule has 0 aromatic carbocycles. The molecule has 0 saturated carbocycles. The number of carbonyl (C=O) groups is 1. The van der Waals surface area contributed by atoms with Gasteiger partial charge in [-0.1, -0.05) is 6.92 Å². The fraction of sp³-hybridized carbons (Fsp3) is 0.571. The molecular weight excluding hydrogens is 162 g/mol. The zero-order chi connectivity index (χ0) is 8.85. The van der Waals surface area contributed by atoms with Crippen molar-refractivity contribution in [3.63, 3.8) is 0 Å². The zero-order valence-corrected chi connectivity index (χ0v) is 7.65. The maximum Gasteiger partial charge on any atom is 0.346 e. The lowest BCUT2D eigenvalue weighted by molar-refractivity contribution is -0.137. The predicted octanol–water partition coefficient (Wildman–Crippen LogP) is 1.06. The first-order chi connectivity index (χ1) is 5.13. The summed E-state index contributed by atoms with van der Waals surface area (Å²) in [4.78, 5) is 11.1. The van der Waals surface area contributed by atoms with Crippen LogP contribution in [0.3, 0.4) is 0 Å². The Morgan fingerprint density at radius 2 is 2.09 bits per heavy atom. The Labute approximate surface area is 72.0 Å². The average molecular weight is 175 g/mol. The lowest BCUT2D eigenvalue weighted by Gasteiger charge is -2.03. The topological polar surface area (TPSA) is 52.3 Å². The molecule has 0 saturated heterocycles. The van der Waals surface area contributed by atoms with Crippen molar-refractivity contribution in [2.24, 2.45) is 5.73 Å². The molecule has 64 valence electrons. The van der Waals surface area contributed by atoms with Crippen LogP contribution in [0.4, 0.5) is 0 Å². The van der Waals surface area contributed by atoms with Gasteiger partial charge in [-0.2, -0.15) is 0 Å². The normalized spacial score (nSPS) is 12.3. The van der Waals surface area contributed by atoms with Crippen molar-refractivity contribution in [3.05, 3.63) is 10.6 Å². The molecule has 0 radical (unpaired) electrons. The lowest BCUT2D eigenvalue weighted by atomic mass is 10.3. The van der Waals surface area contributed by atoms with E-state index in [2.05, 4.69) is 17.4 Å². The summed E-state index contributed by atoms with van der Waals surface area (Å²) in [5.41, 5.74) is 5.91. The number of carbonyl (C=O) groups excluding carboxylic acids is 1. The van der Waals surface area contributed by atoms with Crippen LogP contribution >= 0.6 is 12.6 Å². The van der Waals surface area contributed by atoms with Gasteiger partial charge in [0.1, 0.15) is 4.91 Å². The third-order valence-electron chi connectivity index (χ3n) is 1.15. The summed E-state index contributed by atoms with van der Waals surface area (Å²) in [6, 6.07) is 0. The second-order valence-corrected chi connectivity index (χ2v) is 2.40. The minimum absolute atomic E-state index is 0.217. The van der Waals surface area contributed by atoms with Gasteiger partial charge in [-0.05, 0) is 13.3 Å². The van der Waals surface area contributed by atoms with Crippen LogP contribution in [0.1, 0.15) is 20.3 Å². The molecule has 4 heteroatoms. The highest BCUT2D eigenvalue weighted by Crippen LogP contribution is 2.08. The molecule has 0 rings (SSSR count). The van der Waals surface area contributed by atoms with E-state index in [-0.39, 0.29) is 4.91 Å². The van der Waals surface area contributed by atoms with E-state index in [1.165, 1.54) is 0 Å². The molecule has 0 atom stereocenters. The van der Waals surface area contributed by atoms with Crippen molar-refractivity contribution in [1.82, 2.24) is 0 Å². The Morgan fingerprint density at radius 3 is 2.45 bits per heavy atom. The largest absolute Gasteiger partial charge is 0.462 e. The summed E-state index contributed by atoms with van der Waals surface area (Å²) in [6.45, 7) is 3.94. The van der Waals surface area contributed by atoms with Gasteiger partial charge in [-0.25, -0.2) is 4.79 Å². The number of allylic oxidation sites excluding steroid dienone is 1. The number of nitrogens with two attached hydrogens (primary N) is 1. The molecule has 0 bridgehead atoms. The van der Waals surface area contributed by atoms with Crippen LogP contribution in [0.15, 0.2) is 10.6 Å². The zero-order valence-electron chi connectivity index (χ0n) is 6.76. The quantitative estimate of drug-likeness (QED) is 0.383. The van der Waals surface area contributed by atoms with Crippen LogP contribution in [0.2, 0.25) is 0 Å². The van der Waals surface area contributed by atoms with E-state index >= 15 is 0 Å². The van der Waals surface area contributed by atoms with Gasteiger partial charge in [-0.3, -0.25) is 0 Å². The third kappa shape index (κ3) is 3.32. The first kappa shape index (κ1) is 10.4. The second-order valence-electron chi connectivity index (χ2n) is 1.95. The van der Waals surface area contributed by atoms with Crippen LogP contribution in [-0.4, -0.2) is 12.6 Å². The number of hydrogen-bond donors (Lipinski definition) is 2. The number of ether oxygens (including phenoxy) is 1. The summed E-state index contributed by atoms with van der Waals surface area (Å²) >= 11 is 3.91. The average Bonchev–Trinajstić information content (AvgIpc) is 2.02. The van der Waals surface area contributed by atoms with Crippen molar-refractivity contribution >= 4 is 18.6 Å². The molecule has 0 aliphatic heterocycles. The van der Waals surface area contributed by atoms with Gasteiger partial charge in [0.25, 0.3) is 0 Å². The van der Waals surface area contributed by atoms with Crippen LogP contribution in [0.5, 0.6) is 0 Å². The molecule has 0 aliphatic carbocycles. The highest BCUT2D eigenvalue weighted by Gasteiger charge is 2.08. The summed E-state index contributed by atoms with van der Waals surface area (Å²) < 4.78 is 4.67. The van der Waals surface area contributed by atoms with Gasteiger partial charge >= 0.3 is 5.97 Å². The standard InChI is InChI=1S/C7H13NO2S/c1-3-5(8)6(11)7(9)10-4-2/h11H,3-4,8H2,1-2H3/b6-5-. The molecule has 0 fully saturated rings. The molecule has 0 unspecified atom stereocenters. The maximum absolute atomic E-state index is 10.9. The van der Waals surface area contributed by atoms with E-state index in [4.69, 9.17) is 5.73 Å². The minimum atomic E-state index is -0.449. The molecule has 2 N–H and O–H groups in total. The Hall–Kier alpha value is -0.640. The first-order valence-corrected chi connectivity index (χ1v) is 3.92. The maximum atomic E-state index is 10.9. The summed E-state index contributed by atoms with van der Waals surface area (Å²) in [6.07, 6.45) is 0.609. The second kappa shape index (κ2) is 5.07. The first-order valence-electron chi connectivity index (χ1n) is 3.48. The van der Waals surface area contributed by atoms with Crippen LogP contribution in [-0.2, 0) is 9.53 Å². The van der Waals surface area contributed by atoms with Crippen molar-refractivity contribution in [1.29, 1.82) is 0 Å². The van der Waals surface area contributed by atoms with Crippen LogP contribution < -0.4 is 5.73 Å². The molecule has 3 nitrogen and oxygen atoms in total. The SMILES string of the molecule is CCOC(=O)/C(S)=C(/N)CC. The van der Waals surface area contributed by atoms with Crippen molar-refractivity contribution in [3.8, 4) is 0 Å². The number of hydrogen-bond acceptors (Lipinski definition) is 4. The Balaban J connectivity index is 4.22. The molecule has 0 amide bonds. The van der Waals surface area contributed by atoms with Crippen molar-refractivity contribution < 1.29 is 9.53 Å². The van der Waals surface area contributed by atoms with E-state index in [0.717, 1.165) is 0 Å². The third-order valence-corrected chi connectivity index (χ3v) is 1.62. The van der Waals surface area contributed by atoms with E-state index in [1.807, 2.05) is 6.92 Å². The molecule has 0 heterocycles. The van der Waals surface area contributed by atoms with Gasteiger partial charge in [-0.15, -0.1) is 12.6 Å². The molecular formula is C7H13NO2S. The van der Waals surface area contributed by atoms with Gasteiger partial charge in [0.05, 0.1) is 6.61 Å². The number of rotatable bonds is 3. The molecule has 0 spiro atoms. The van der Waals surface area contributed by atoms with E-state index in [0.29, 0.717) is 18.7 Å². The summed E-state index contributed by atoms with van der Waals surface area (Å²) in [5.74, 6) is -0.449. The predicted molar refractivity (Wildman–Crippen MR) is 47.1 cm³/mol. The van der Waals surface area contributed by atoms with E-state index in [1.54, 1.807) is 6.92 Å².